The Hall–Kier alpha value is -4.34. The molecule has 0 saturated carbocycles. The van der Waals surface area contributed by atoms with E-state index in [0.717, 1.165) is 0 Å². The minimum atomic E-state index is -2.15. The third-order valence-corrected chi connectivity index (χ3v) is 14.4. The van der Waals surface area contributed by atoms with Crippen molar-refractivity contribution in [2.24, 2.45) is 10.2 Å². The Morgan fingerprint density at radius 1 is 0.402 bits per heavy atom. The van der Waals surface area contributed by atoms with E-state index in [9.17, 15) is 113 Å². The van der Waals surface area contributed by atoms with Crippen LogP contribution in [0.5, 0.6) is 0 Å². The molecule has 82 heavy (non-hydrogen) atoms. The molecule has 0 aromatic heterocycles. The number of aliphatic hydroxyl groups is 18. The minimum absolute atomic E-state index is 0.281. The number of carbonyl (C=O) groups excluding carboxylic acids is 2. The van der Waals surface area contributed by atoms with E-state index in [1.165, 1.54) is 24.3 Å². The number of nitrogens with zero attached hydrogens (tertiary/aromatic N) is 6. The third-order valence-electron chi connectivity index (χ3n) is 14.4. The standard InChI is InChI=1S/C44H66N8O30/c45-51-49-39-29(69)33(81-43-25(65)21(61)31(15(9-55)75-43)79-41-23(63)19(59)17(57)13(7-53)73-41)27(67)35(77-39)37(71)47-5-11-1-2-12(4-3-11)6-48-38(72)36-28(68)34(30(70)40(78-36)50-52-46)82-44-26(66)22(62)32(16(10-56)76-44)80-42-24(64)20(60)18(58)14(8-54)74-42/h1-4,13-36,39-44,53-70H,5-10H2,(H,47,71)(H,48,72)/t13-,14-,15-,16-,17+,18+,19+,20+,21-,22-,23-,24-,25-,26-,27+,28+,29-,30-,31-,32-,33+,34+,35+,36+,39-,40-,41+,42+,43+,44+/m1/s1. The number of rotatable bonds is 20. The molecule has 20 N–H and O–H groups in total. The van der Waals surface area contributed by atoms with Crippen molar-refractivity contribution in [1.82, 2.24) is 10.6 Å². The van der Waals surface area contributed by atoms with Crippen LogP contribution in [0.1, 0.15) is 11.1 Å². The zero-order valence-corrected chi connectivity index (χ0v) is 42.5. The normalized spacial score (nSPS) is 45.2. The maximum atomic E-state index is 13.5. The summed E-state index contributed by atoms with van der Waals surface area (Å²) >= 11 is 0. The zero-order chi connectivity index (χ0) is 60.0. The fourth-order valence-electron chi connectivity index (χ4n) is 9.74. The Labute approximate surface area is 460 Å². The summed E-state index contributed by atoms with van der Waals surface area (Å²) in [6.45, 7) is -4.20. The number of carbonyl (C=O) groups is 2. The predicted octanol–water partition coefficient (Wildman–Crippen LogP) is -11.5. The van der Waals surface area contributed by atoms with Crippen LogP contribution in [0.15, 0.2) is 34.5 Å². The van der Waals surface area contributed by atoms with E-state index in [0.29, 0.717) is 11.1 Å². The van der Waals surface area contributed by atoms with Gasteiger partial charge in [0, 0.05) is 22.9 Å². The van der Waals surface area contributed by atoms with Crippen LogP contribution in [0.25, 0.3) is 20.9 Å². The lowest BCUT2D eigenvalue weighted by molar-refractivity contribution is -0.371. The number of hydrogen-bond acceptors (Lipinski definition) is 32. The molecule has 30 atom stereocenters. The highest BCUT2D eigenvalue weighted by Crippen LogP contribution is 2.35. The molecule has 7 rings (SSSR count). The average molecular weight is 1190 g/mol. The van der Waals surface area contributed by atoms with Crippen molar-refractivity contribution in [3.8, 4) is 0 Å². The van der Waals surface area contributed by atoms with E-state index < -0.39 is 222 Å². The van der Waals surface area contributed by atoms with Crippen molar-refractivity contribution in [2.45, 2.75) is 197 Å². The first-order valence-electron chi connectivity index (χ1n) is 25.3. The first kappa shape index (κ1) is 65.2. The van der Waals surface area contributed by atoms with E-state index in [-0.39, 0.29) is 13.1 Å². The summed E-state index contributed by atoms with van der Waals surface area (Å²) in [6, 6.07) is 5.91. The average Bonchev–Trinajstić information content (AvgIpc) is 3.47. The molecule has 6 heterocycles. The molecule has 6 aliphatic heterocycles. The Kier molecular flexibility index (Phi) is 22.8. The summed E-state index contributed by atoms with van der Waals surface area (Å²) < 4.78 is 54.9. The Balaban J connectivity index is 0.932. The molecule has 0 aliphatic carbocycles. The number of nitrogens with one attached hydrogen (secondary N) is 2. The van der Waals surface area contributed by atoms with Gasteiger partial charge in [-0.2, -0.15) is 0 Å². The molecule has 2 amide bonds. The van der Waals surface area contributed by atoms with Crippen molar-refractivity contribution >= 4 is 11.8 Å². The molecule has 38 nitrogen and oxygen atoms in total. The Morgan fingerprint density at radius 3 is 1.00 bits per heavy atom. The molecule has 462 valence electrons. The highest BCUT2D eigenvalue weighted by atomic mass is 16.8. The van der Waals surface area contributed by atoms with Gasteiger partial charge in [0.15, 0.2) is 49.8 Å². The van der Waals surface area contributed by atoms with Crippen molar-refractivity contribution in [3.63, 3.8) is 0 Å². The second-order valence-electron chi connectivity index (χ2n) is 19.7. The molecule has 6 saturated heterocycles. The second-order valence-corrected chi connectivity index (χ2v) is 19.7. The maximum absolute atomic E-state index is 13.5. The largest absolute Gasteiger partial charge is 0.394 e. The van der Waals surface area contributed by atoms with Gasteiger partial charge in [-0.3, -0.25) is 9.59 Å². The Bertz CT molecular complexity index is 2190. The van der Waals surface area contributed by atoms with Crippen LogP contribution in [-0.4, -0.2) is 314 Å². The molecule has 6 fully saturated rings. The maximum Gasteiger partial charge on any atom is 0.252 e. The summed E-state index contributed by atoms with van der Waals surface area (Å²) in [5, 5.41) is 201. The fourth-order valence-corrected chi connectivity index (χ4v) is 9.74. The van der Waals surface area contributed by atoms with E-state index in [1.54, 1.807) is 0 Å². The molecule has 0 bridgehead atoms. The smallest absolute Gasteiger partial charge is 0.252 e. The molecule has 0 spiro atoms. The van der Waals surface area contributed by atoms with Gasteiger partial charge < -0.3 is 150 Å². The fraction of sp³-hybridized carbons (Fsp3) is 0.818. The lowest BCUT2D eigenvalue weighted by Gasteiger charge is -2.47. The molecule has 0 unspecified atom stereocenters. The third kappa shape index (κ3) is 14.0. The molecule has 0 radical (unpaired) electrons. The summed E-state index contributed by atoms with van der Waals surface area (Å²) in [7, 11) is 0. The van der Waals surface area contributed by atoms with Gasteiger partial charge in [0.2, 0.25) is 0 Å². The predicted molar refractivity (Wildman–Crippen MR) is 252 cm³/mol. The highest BCUT2D eigenvalue weighted by molar-refractivity contribution is 5.82. The van der Waals surface area contributed by atoms with Gasteiger partial charge in [0.05, 0.1) is 26.4 Å². The molecule has 6 aliphatic rings. The molecule has 38 heteroatoms. The van der Waals surface area contributed by atoms with Crippen LogP contribution >= 0.6 is 0 Å². The zero-order valence-electron chi connectivity index (χ0n) is 42.5. The first-order valence-corrected chi connectivity index (χ1v) is 25.3. The van der Waals surface area contributed by atoms with Crippen LogP contribution in [-0.2, 0) is 70.0 Å². The molecular formula is C44H66N8O30. The van der Waals surface area contributed by atoms with E-state index >= 15 is 0 Å². The Morgan fingerprint density at radius 2 is 0.695 bits per heavy atom. The summed E-state index contributed by atoms with van der Waals surface area (Å²) in [6.07, 6.45) is -57.3. The van der Waals surface area contributed by atoms with Crippen molar-refractivity contribution in [2.75, 3.05) is 26.4 Å². The van der Waals surface area contributed by atoms with Gasteiger partial charge in [-0.1, -0.05) is 34.5 Å². The highest BCUT2D eigenvalue weighted by Gasteiger charge is 2.57. The van der Waals surface area contributed by atoms with Gasteiger partial charge >= 0.3 is 0 Å². The van der Waals surface area contributed by atoms with Crippen molar-refractivity contribution in [3.05, 3.63) is 56.3 Å². The van der Waals surface area contributed by atoms with Crippen LogP contribution in [0, 0.1) is 0 Å². The number of amides is 2. The van der Waals surface area contributed by atoms with Crippen LogP contribution in [0.4, 0.5) is 0 Å². The summed E-state index contributed by atoms with van der Waals surface area (Å²) in [5.41, 5.74) is 19.1. The van der Waals surface area contributed by atoms with Gasteiger partial charge in [-0.25, -0.2) is 0 Å². The minimum Gasteiger partial charge on any atom is -0.394 e. The monoisotopic (exact) mass is 1190 g/mol. The first-order chi connectivity index (χ1) is 39.0. The van der Waals surface area contributed by atoms with Gasteiger partial charge in [-0.05, 0) is 22.2 Å². The summed E-state index contributed by atoms with van der Waals surface area (Å²) in [5.74, 6) is -2.13. The van der Waals surface area contributed by atoms with Crippen LogP contribution in [0.2, 0.25) is 0 Å². The SMILES string of the molecule is [N-]=[N+]=N[C@@H]1O[C@H](C(=O)NCc2ccc(CNC(=O)[C@H]3O[C@@H](N=[N+]=[N-])[C@H](O)[C@@H](O[C@@H]4O[C@H](CO)[C@@H](O[C@@H]5O[C@H](CO)[C@H](O)[C@H](O)[C@H]5O)[C@H](O)[C@H]4O)[C@@H]3O)cc2)[C@@H](O)[C@H](O[C@@H]2O[C@H](CO)[C@@H](O[C@@H]3O[C@H](CO)[C@H](O)[C@H](O)[C@H]3O)[C@H](O)[C@H]2O)[C@H]1O. The topological polar surface area (TPSA) is 612 Å². The van der Waals surface area contributed by atoms with Crippen molar-refractivity contribution < 1.29 is 149 Å². The van der Waals surface area contributed by atoms with Gasteiger partial charge in [0.1, 0.15) is 134 Å². The number of aliphatic hydroxyl groups excluding tert-OH is 18. The number of ether oxygens (including phenoxy) is 10. The van der Waals surface area contributed by atoms with Crippen molar-refractivity contribution in [1.29, 1.82) is 0 Å². The van der Waals surface area contributed by atoms with Crippen LogP contribution in [0.3, 0.4) is 0 Å². The van der Waals surface area contributed by atoms with Gasteiger partial charge in [-0.15, -0.1) is 0 Å². The number of azide groups is 2. The van der Waals surface area contributed by atoms with E-state index in [4.69, 9.17) is 47.4 Å². The quantitative estimate of drug-likeness (QED) is 0.0327. The number of benzene rings is 1. The van der Waals surface area contributed by atoms with Crippen LogP contribution < -0.4 is 10.6 Å². The molecule has 1 aromatic carbocycles. The van der Waals surface area contributed by atoms with E-state index in [1.807, 2.05) is 0 Å². The van der Waals surface area contributed by atoms with E-state index in [2.05, 4.69) is 30.7 Å². The molecular weight excluding hydrogens is 1120 g/mol. The van der Waals surface area contributed by atoms with Gasteiger partial charge in [0.25, 0.3) is 11.8 Å². The lowest BCUT2D eigenvalue weighted by atomic mass is 9.95. The number of hydrogen-bond donors (Lipinski definition) is 20. The summed E-state index contributed by atoms with van der Waals surface area (Å²) in [4.78, 5) is 32.2. The second kappa shape index (κ2) is 28.7. The molecule has 1 aromatic rings. The lowest BCUT2D eigenvalue weighted by Crippen LogP contribution is -2.67.